The zero-order chi connectivity index (χ0) is 14.5. The molecule has 0 aliphatic carbocycles. The molecule has 0 unspecified atom stereocenters. The van der Waals surface area contributed by atoms with Crippen LogP contribution in [0.1, 0.15) is 15.9 Å². The SMILES string of the molecule is O=C(NN=Cc1ccc(F)cc1F)c1ccccc1O. The first-order valence-corrected chi connectivity index (χ1v) is 5.64. The number of aromatic hydroxyl groups is 1. The number of rotatable bonds is 3. The highest BCUT2D eigenvalue weighted by molar-refractivity contribution is 5.97. The molecule has 0 radical (unpaired) electrons. The van der Waals surface area contributed by atoms with Gasteiger partial charge in [0.2, 0.25) is 0 Å². The van der Waals surface area contributed by atoms with Gasteiger partial charge in [0.25, 0.3) is 5.91 Å². The second kappa shape index (κ2) is 5.92. The normalized spacial score (nSPS) is 10.7. The molecule has 2 N–H and O–H groups in total. The molecule has 0 saturated heterocycles. The minimum absolute atomic E-state index is 0.0315. The maximum atomic E-state index is 13.3. The molecule has 0 saturated carbocycles. The molecular weight excluding hydrogens is 266 g/mol. The summed E-state index contributed by atoms with van der Waals surface area (Å²) in [7, 11) is 0. The molecule has 102 valence electrons. The molecule has 4 nitrogen and oxygen atoms in total. The summed E-state index contributed by atoms with van der Waals surface area (Å²) in [6.07, 6.45) is 1.05. The topological polar surface area (TPSA) is 61.7 Å². The summed E-state index contributed by atoms with van der Waals surface area (Å²) in [6, 6.07) is 8.92. The number of nitrogens with zero attached hydrogens (tertiary/aromatic N) is 1. The zero-order valence-electron chi connectivity index (χ0n) is 10.2. The molecule has 2 rings (SSSR count). The Kier molecular flexibility index (Phi) is 4.05. The van der Waals surface area contributed by atoms with Gasteiger partial charge in [-0.3, -0.25) is 4.79 Å². The summed E-state index contributed by atoms with van der Waals surface area (Å²) in [5, 5.41) is 13.0. The monoisotopic (exact) mass is 276 g/mol. The summed E-state index contributed by atoms with van der Waals surface area (Å²) < 4.78 is 26.0. The van der Waals surface area contributed by atoms with E-state index in [-0.39, 0.29) is 16.9 Å². The van der Waals surface area contributed by atoms with E-state index in [4.69, 9.17) is 0 Å². The first-order chi connectivity index (χ1) is 9.58. The van der Waals surface area contributed by atoms with E-state index in [1.54, 1.807) is 12.1 Å². The Morgan fingerprint density at radius 2 is 1.95 bits per heavy atom. The van der Waals surface area contributed by atoms with Crippen molar-refractivity contribution >= 4 is 12.1 Å². The van der Waals surface area contributed by atoms with Crippen molar-refractivity contribution in [3.8, 4) is 5.75 Å². The smallest absolute Gasteiger partial charge is 0.275 e. The third kappa shape index (κ3) is 3.17. The van der Waals surface area contributed by atoms with Crippen LogP contribution in [0, 0.1) is 11.6 Å². The van der Waals surface area contributed by atoms with Crippen LogP contribution in [0.15, 0.2) is 47.6 Å². The molecular formula is C14H10F2N2O2. The van der Waals surface area contributed by atoms with Gasteiger partial charge in [0.15, 0.2) is 0 Å². The number of carbonyl (C=O) groups is 1. The van der Waals surface area contributed by atoms with Crippen molar-refractivity contribution in [3.63, 3.8) is 0 Å². The number of halogens is 2. The number of hydrogen-bond donors (Lipinski definition) is 2. The molecule has 1 amide bonds. The molecule has 0 aromatic heterocycles. The Morgan fingerprint density at radius 1 is 1.20 bits per heavy atom. The van der Waals surface area contributed by atoms with Crippen LogP contribution < -0.4 is 5.43 Å². The number of phenols is 1. The van der Waals surface area contributed by atoms with E-state index >= 15 is 0 Å². The molecule has 20 heavy (non-hydrogen) atoms. The van der Waals surface area contributed by atoms with Crippen LogP contribution in [0.5, 0.6) is 5.75 Å². The highest BCUT2D eigenvalue weighted by atomic mass is 19.1. The number of amides is 1. The Balaban J connectivity index is 2.07. The van der Waals surface area contributed by atoms with E-state index in [0.717, 1.165) is 12.3 Å². The summed E-state index contributed by atoms with van der Waals surface area (Å²) in [6.45, 7) is 0. The summed E-state index contributed by atoms with van der Waals surface area (Å²) in [5.41, 5.74) is 2.22. The third-order valence-corrected chi connectivity index (χ3v) is 2.48. The van der Waals surface area contributed by atoms with Crippen molar-refractivity contribution in [1.82, 2.24) is 5.43 Å². The van der Waals surface area contributed by atoms with Crippen molar-refractivity contribution in [2.24, 2.45) is 5.10 Å². The second-order valence-electron chi connectivity index (χ2n) is 3.88. The van der Waals surface area contributed by atoms with Crippen LogP contribution in [-0.4, -0.2) is 17.2 Å². The van der Waals surface area contributed by atoms with E-state index in [1.165, 1.54) is 18.2 Å². The highest BCUT2D eigenvalue weighted by Gasteiger charge is 2.08. The lowest BCUT2D eigenvalue weighted by Crippen LogP contribution is -2.17. The number of hydrogen-bond acceptors (Lipinski definition) is 3. The quantitative estimate of drug-likeness (QED) is 0.668. The van der Waals surface area contributed by atoms with Gasteiger partial charge in [-0.2, -0.15) is 5.10 Å². The molecule has 2 aromatic rings. The standard InChI is InChI=1S/C14H10F2N2O2/c15-10-6-5-9(12(16)7-10)8-17-18-14(20)11-3-1-2-4-13(11)19/h1-8,19H,(H,18,20). The lowest BCUT2D eigenvalue weighted by Gasteiger charge is -2.02. The zero-order valence-corrected chi connectivity index (χ0v) is 10.2. The fraction of sp³-hybridized carbons (Fsp3) is 0. The van der Waals surface area contributed by atoms with E-state index in [0.29, 0.717) is 6.07 Å². The predicted molar refractivity (Wildman–Crippen MR) is 69.5 cm³/mol. The fourth-order valence-electron chi connectivity index (χ4n) is 1.49. The summed E-state index contributed by atoms with van der Waals surface area (Å²) in [4.78, 5) is 11.7. The van der Waals surface area contributed by atoms with Crippen molar-refractivity contribution < 1.29 is 18.7 Å². The lowest BCUT2D eigenvalue weighted by molar-refractivity contribution is 0.0952. The van der Waals surface area contributed by atoms with Crippen molar-refractivity contribution in [3.05, 3.63) is 65.2 Å². The van der Waals surface area contributed by atoms with E-state index in [1.807, 2.05) is 0 Å². The van der Waals surface area contributed by atoms with Crippen molar-refractivity contribution in [2.45, 2.75) is 0 Å². The van der Waals surface area contributed by atoms with Gasteiger partial charge in [0.1, 0.15) is 17.4 Å². The Morgan fingerprint density at radius 3 is 2.65 bits per heavy atom. The second-order valence-corrected chi connectivity index (χ2v) is 3.88. The van der Waals surface area contributed by atoms with Crippen LogP contribution in [-0.2, 0) is 0 Å². The Hall–Kier alpha value is -2.76. The molecule has 0 atom stereocenters. The molecule has 0 aliphatic heterocycles. The maximum absolute atomic E-state index is 13.3. The van der Waals surface area contributed by atoms with Gasteiger partial charge >= 0.3 is 0 Å². The molecule has 6 heteroatoms. The number of hydrazone groups is 1. The Bertz CT molecular complexity index is 672. The number of carbonyl (C=O) groups excluding carboxylic acids is 1. The fourth-order valence-corrected chi connectivity index (χ4v) is 1.49. The number of nitrogens with one attached hydrogen (secondary N) is 1. The van der Waals surface area contributed by atoms with Crippen LogP contribution in [0.3, 0.4) is 0 Å². The van der Waals surface area contributed by atoms with E-state index in [9.17, 15) is 18.7 Å². The van der Waals surface area contributed by atoms with Crippen LogP contribution in [0.4, 0.5) is 8.78 Å². The number of phenolic OH excluding ortho intramolecular Hbond substituents is 1. The largest absolute Gasteiger partial charge is 0.507 e. The van der Waals surface area contributed by atoms with Gasteiger partial charge in [-0.1, -0.05) is 12.1 Å². The van der Waals surface area contributed by atoms with Gasteiger partial charge < -0.3 is 5.11 Å². The Labute approximate surface area is 113 Å². The van der Waals surface area contributed by atoms with Gasteiger partial charge in [0.05, 0.1) is 11.8 Å². The van der Waals surface area contributed by atoms with Crippen molar-refractivity contribution in [1.29, 1.82) is 0 Å². The van der Waals surface area contributed by atoms with Crippen LogP contribution >= 0.6 is 0 Å². The minimum Gasteiger partial charge on any atom is -0.507 e. The number of benzene rings is 2. The molecule has 0 bridgehead atoms. The average molecular weight is 276 g/mol. The molecule has 2 aromatic carbocycles. The third-order valence-electron chi connectivity index (χ3n) is 2.48. The first kappa shape index (κ1) is 13.7. The predicted octanol–water partition coefficient (Wildman–Crippen LogP) is 2.43. The average Bonchev–Trinajstić information content (AvgIpc) is 2.41. The molecule has 0 fully saturated rings. The van der Waals surface area contributed by atoms with Gasteiger partial charge in [-0.15, -0.1) is 0 Å². The van der Waals surface area contributed by atoms with Crippen LogP contribution in [0.25, 0.3) is 0 Å². The number of para-hydroxylation sites is 1. The van der Waals surface area contributed by atoms with Crippen LogP contribution in [0.2, 0.25) is 0 Å². The molecule has 0 aliphatic rings. The van der Waals surface area contributed by atoms with E-state index < -0.39 is 17.5 Å². The summed E-state index contributed by atoms with van der Waals surface area (Å²) >= 11 is 0. The van der Waals surface area contributed by atoms with E-state index in [2.05, 4.69) is 10.5 Å². The van der Waals surface area contributed by atoms with Gasteiger partial charge in [-0.25, -0.2) is 14.2 Å². The molecule has 0 spiro atoms. The molecule has 0 heterocycles. The minimum atomic E-state index is -0.787. The first-order valence-electron chi connectivity index (χ1n) is 5.64. The van der Waals surface area contributed by atoms with Crippen molar-refractivity contribution in [2.75, 3.05) is 0 Å². The maximum Gasteiger partial charge on any atom is 0.275 e. The van der Waals surface area contributed by atoms with Gasteiger partial charge in [0, 0.05) is 11.6 Å². The van der Waals surface area contributed by atoms with Gasteiger partial charge in [-0.05, 0) is 24.3 Å². The lowest BCUT2D eigenvalue weighted by atomic mass is 10.2. The summed E-state index contributed by atoms with van der Waals surface area (Å²) in [5.74, 6) is -2.31. The highest BCUT2D eigenvalue weighted by Crippen LogP contribution is 2.14.